The quantitative estimate of drug-likeness (QED) is 0.183. The molecule has 0 aliphatic carbocycles. The second-order valence-corrected chi connectivity index (χ2v) is 14.3. The van der Waals surface area contributed by atoms with Gasteiger partial charge in [-0.25, -0.2) is 8.42 Å². The number of hydrogen-bond donors (Lipinski definition) is 1. The van der Waals surface area contributed by atoms with Gasteiger partial charge < -0.3 is 19.7 Å². The normalized spacial score (nSPS) is 12.1. The molecule has 0 bridgehead atoms. The molecule has 0 heterocycles. The Morgan fingerprint density at radius 1 is 0.809 bits per heavy atom. The van der Waals surface area contributed by atoms with Crippen LogP contribution in [0.5, 0.6) is 11.5 Å². The minimum Gasteiger partial charge on any atom is -0.493 e. The molecule has 4 aromatic rings. The van der Waals surface area contributed by atoms with Crippen molar-refractivity contribution >= 4 is 39.1 Å². The SMILES string of the molecule is COc1ccc(N(CC(=O)N(Cc2cccc(Cl)c2)C(Cc2ccccc2)C(=O)NC(C)(C)C)S(=O)(=O)c2ccccc2)cc1OC. The van der Waals surface area contributed by atoms with Crippen LogP contribution in [-0.4, -0.2) is 57.5 Å². The Kier molecular flexibility index (Phi) is 11.5. The van der Waals surface area contributed by atoms with Gasteiger partial charge in [-0.2, -0.15) is 0 Å². The molecule has 1 atom stereocenters. The van der Waals surface area contributed by atoms with Gasteiger partial charge in [-0.15, -0.1) is 0 Å². The van der Waals surface area contributed by atoms with Gasteiger partial charge in [0, 0.05) is 29.6 Å². The number of carbonyl (C=O) groups is 2. The van der Waals surface area contributed by atoms with Crippen LogP contribution in [0.3, 0.4) is 0 Å². The molecular weight excluding hydrogens is 638 g/mol. The van der Waals surface area contributed by atoms with E-state index in [2.05, 4.69) is 5.32 Å². The average molecular weight is 678 g/mol. The smallest absolute Gasteiger partial charge is 0.264 e. The number of hydrogen-bond acceptors (Lipinski definition) is 6. The standard InChI is InChI=1S/C36H40ClN3O6S/c1-36(2,3)38-35(42)31(22-26-13-8-6-9-14-26)39(24-27-15-12-16-28(37)21-27)34(41)25-40(47(43,44)30-17-10-7-11-18-30)29-19-20-32(45-4)33(23-29)46-5/h6-21,23,31H,22,24-25H2,1-5H3,(H,38,42). The lowest BCUT2D eigenvalue weighted by Crippen LogP contribution is -2.56. The van der Waals surface area contributed by atoms with Crippen molar-refractivity contribution in [1.29, 1.82) is 0 Å². The topological polar surface area (TPSA) is 105 Å². The molecule has 0 aliphatic rings. The summed E-state index contributed by atoms with van der Waals surface area (Å²) >= 11 is 6.32. The second kappa shape index (κ2) is 15.4. The molecule has 0 saturated carbocycles. The van der Waals surface area contributed by atoms with E-state index in [0.717, 1.165) is 9.87 Å². The van der Waals surface area contributed by atoms with E-state index in [4.69, 9.17) is 21.1 Å². The fraction of sp³-hybridized carbons (Fsp3) is 0.278. The maximum Gasteiger partial charge on any atom is 0.264 e. The zero-order valence-corrected chi connectivity index (χ0v) is 28.7. The molecule has 9 nitrogen and oxygen atoms in total. The molecule has 248 valence electrons. The highest BCUT2D eigenvalue weighted by molar-refractivity contribution is 7.92. The van der Waals surface area contributed by atoms with Crippen molar-refractivity contribution in [2.75, 3.05) is 25.1 Å². The Hall–Kier alpha value is -4.54. The van der Waals surface area contributed by atoms with Crippen LogP contribution >= 0.6 is 11.6 Å². The molecule has 0 aliphatic heterocycles. The second-order valence-electron chi connectivity index (χ2n) is 12.0. The van der Waals surface area contributed by atoms with Crippen molar-refractivity contribution in [1.82, 2.24) is 10.2 Å². The Bertz CT molecular complexity index is 1780. The molecule has 47 heavy (non-hydrogen) atoms. The lowest BCUT2D eigenvalue weighted by Gasteiger charge is -2.35. The fourth-order valence-electron chi connectivity index (χ4n) is 5.07. The van der Waals surface area contributed by atoms with Crippen LogP contribution < -0.4 is 19.1 Å². The van der Waals surface area contributed by atoms with Crippen LogP contribution in [0, 0.1) is 0 Å². The molecule has 1 unspecified atom stereocenters. The summed E-state index contributed by atoms with van der Waals surface area (Å²) in [5.41, 5.74) is 1.09. The molecule has 0 aromatic heterocycles. The summed E-state index contributed by atoms with van der Waals surface area (Å²) in [5, 5.41) is 3.48. The Balaban J connectivity index is 1.85. The zero-order chi connectivity index (χ0) is 34.2. The molecule has 4 rings (SSSR count). The van der Waals surface area contributed by atoms with Crippen LogP contribution in [0.1, 0.15) is 31.9 Å². The number of benzene rings is 4. The molecule has 0 saturated heterocycles. The molecule has 2 amide bonds. The Morgan fingerprint density at radius 2 is 1.43 bits per heavy atom. The van der Waals surface area contributed by atoms with E-state index in [1.807, 2.05) is 51.1 Å². The summed E-state index contributed by atoms with van der Waals surface area (Å²) < 4.78 is 40.3. The average Bonchev–Trinajstić information content (AvgIpc) is 3.04. The van der Waals surface area contributed by atoms with Gasteiger partial charge in [0.25, 0.3) is 10.0 Å². The summed E-state index contributed by atoms with van der Waals surface area (Å²) in [5.74, 6) is -0.290. The zero-order valence-electron chi connectivity index (χ0n) is 27.1. The summed E-state index contributed by atoms with van der Waals surface area (Å²) in [4.78, 5) is 30.0. The van der Waals surface area contributed by atoms with Crippen LogP contribution in [0.2, 0.25) is 5.02 Å². The molecule has 0 fully saturated rings. The van der Waals surface area contributed by atoms with Crippen LogP contribution in [0.15, 0.2) is 108 Å². The van der Waals surface area contributed by atoms with Crippen molar-refractivity contribution < 1.29 is 27.5 Å². The lowest BCUT2D eigenvalue weighted by molar-refractivity contribution is -0.140. The third kappa shape index (κ3) is 9.27. The van der Waals surface area contributed by atoms with Gasteiger partial charge in [0.1, 0.15) is 12.6 Å². The van der Waals surface area contributed by atoms with E-state index in [9.17, 15) is 18.0 Å². The van der Waals surface area contributed by atoms with Crippen molar-refractivity contribution in [3.8, 4) is 11.5 Å². The number of nitrogens with zero attached hydrogens (tertiary/aromatic N) is 2. The van der Waals surface area contributed by atoms with E-state index < -0.39 is 34.1 Å². The molecule has 0 spiro atoms. The highest BCUT2D eigenvalue weighted by Crippen LogP contribution is 2.34. The minimum absolute atomic E-state index is 0.000382. The Labute approximate surface area is 282 Å². The molecular formula is C36H40ClN3O6S. The van der Waals surface area contributed by atoms with E-state index in [1.165, 1.54) is 37.3 Å². The van der Waals surface area contributed by atoms with Gasteiger partial charge in [-0.1, -0.05) is 72.3 Å². The molecule has 1 N–H and O–H groups in total. The van der Waals surface area contributed by atoms with E-state index >= 15 is 0 Å². The maximum absolute atomic E-state index is 14.6. The number of halogens is 1. The van der Waals surface area contributed by atoms with Crippen LogP contribution in [0.4, 0.5) is 5.69 Å². The molecule has 4 aromatic carbocycles. The third-order valence-electron chi connectivity index (χ3n) is 7.28. The first-order valence-corrected chi connectivity index (χ1v) is 16.8. The summed E-state index contributed by atoms with van der Waals surface area (Å²) in [7, 11) is -1.36. The third-order valence-corrected chi connectivity index (χ3v) is 9.30. The predicted octanol–water partition coefficient (Wildman–Crippen LogP) is 6.11. The predicted molar refractivity (Wildman–Crippen MR) is 184 cm³/mol. The van der Waals surface area contributed by atoms with E-state index in [-0.39, 0.29) is 35.2 Å². The van der Waals surface area contributed by atoms with Crippen LogP contribution in [0.25, 0.3) is 0 Å². The number of ether oxygens (including phenoxy) is 2. The summed E-state index contributed by atoms with van der Waals surface area (Å²) in [6, 6.07) is 27.9. The van der Waals surface area contributed by atoms with Crippen molar-refractivity contribution in [3.63, 3.8) is 0 Å². The largest absolute Gasteiger partial charge is 0.493 e. The number of nitrogens with one attached hydrogen (secondary N) is 1. The number of methoxy groups -OCH3 is 2. The van der Waals surface area contributed by atoms with Crippen molar-refractivity contribution in [2.24, 2.45) is 0 Å². The number of rotatable bonds is 13. The van der Waals surface area contributed by atoms with Gasteiger partial charge in [-0.05, 0) is 68.3 Å². The van der Waals surface area contributed by atoms with Crippen molar-refractivity contribution in [3.05, 3.63) is 119 Å². The van der Waals surface area contributed by atoms with Crippen molar-refractivity contribution in [2.45, 2.75) is 50.2 Å². The monoisotopic (exact) mass is 677 g/mol. The maximum atomic E-state index is 14.6. The lowest BCUT2D eigenvalue weighted by atomic mass is 10.0. The Morgan fingerprint density at radius 3 is 2.02 bits per heavy atom. The van der Waals surface area contributed by atoms with E-state index in [0.29, 0.717) is 16.3 Å². The van der Waals surface area contributed by atoms with Gasteiger partial charge in [-0.3, -0.25) is 13.9 Å². The first-order chi connectivity index (χ1) is 22.3. The first kappa shape index (κ1) is 35.3. The number of amides is 2. The fourth-order valence-corrected chi connectivity index (χ4v) is 6.71. The van der Waals surface area contributed by atoms with Gasteiger partial charge >= 0.3 is 0 Å². The number of anilines is 1. The van der Waals surface area contributed by atoms with Gasteiger partial charge in [0.2, 0.25) is 11.8 Å². The van der Waals surface area contributed by atoms with Gasteiger partial charge in [0.05, 0.1) is 24.8 Å². The first-order valence-electron chi connectivity index (χ1n) is 15.0. The molecule has 11 heteroatoms. The minimum atomic E-state index is -4.27. The van der Waals surface area contributed by atoms with Crippen LogP contribution in [-0.2, 0) is 32.6 Å². The summed E-state index contributed by atoms with van der Waals surface area (Å²) in [6.45, 7) is 4.97. The molecule has 0 radical (unpaired) electrons. The number of carbonyl (C=O) groups excluding carboxylic acids is 2. The number of sulfonamides is 1. The highest BCUT2D eigenvalue weighted by atomic mass is 35.5. The highest BCUT2D eigenvalue weighted by Gasteiger charge is 2.36. The van der Waals surface area contributed by atoms with Gasteiger partial charge in [0.15, 0.2) is 11.5 Å². The van der Waals surface area contributed by atoms with E-state index in [1.54, 1.807) is 54.6 Å². The summed E-state index contributed by atoms with van der Waals surface area (Å²) in [6.07, 6.45) is 0.191.